The zero-order chi connectivity index (χ0) is 19.4. The molecule has 0 amide bonds. The van der Waals surface area contributed by atoms with Crippen molar-refractivity contribution in [3.8, 4) is 16.9 Å². The number of hydrogen-bond acceptors (Lipinski definition) is 5. The second-order valence-electron chi connectivity index (χ2n) is 5.83. The van der Waals surface area contributed by atoms with Crippen LogP contribution in [0, 0.1) is 5.82 Å². The van der Waals surface area contributed by atoms with Gasteiger partial charge >= 0.3 is 6.61 Å². The van der Waals surface area contributed by atoms with Gasteiger partial charge in [-0.2, -0.15) is 8.78 Å². The first kappa shape index (κ1) is 18.9. The van der Waals surface area contributed by atoms with E-state index in [0.717, 1.165) is 0 Å². The van der Waals surface area contributed by atoms with Crippen LogP contribution in [0.2, 0.25) is 0 Å². The molecule has 0 fully saturated rings. The quantitative estimate of drug-likeness (QED) is 0.588. The van der Waals surface area contributed by atoms with E-state index in [4.69, 9.17) is 5.11 Å². The Hall–Kier alpha value is -2.84. The number of benzene rings is 2. The molecule has 3 rings (SSSR count). The van der Waals surface area contributed by atoms with E-state index in [2.05, 4.69) is 15.0 Å². The van der Waals surface area contributed by atoms with Gasteiger partial charge < -0.3 is 20.3 Å². The summed E-state index contributed by atoms with van der Waals surface area (Å²) in [4.78, 5) is 4.29. The molecule has 0 aliphatic heterocycles. The molecule has 0 bridgehead atoms. The normalized spacial score (nSPS) is 12.4. The molecule has 5 nitrogen and oxygen atoms in total. The van der Waals surface area contributed by atoms with Crippen molar-refractivity contribution in [1.29, 1.82) is 0 Å². The maximum atomic E-state index is 13.6. The highest BCUT2D eigenvalue weighted by molar-refractivity contribution is 6.02. The third-order valence-electron chi connectivity index (χ3n) is 3.94. The first-order chi connectivity index (χ1) is 13.0. The number of aliphatic hydroxyl groups is 2. The van der Waals surface area contributed by atoms with E-state index < -0.39 is 25.1 Å². The Morgan fingerprint density at radius 1 is 1.11 bits per heavy atom. The van der Waals surface area contributed by atoms with Crippen LogP contribution in [0.4, 0.5) is 19.0 Å². The Morgan fingerprint density at radius 2 is 1.93 bits per heavy atom. The fourth-order valence-electron chi connectivity index (χ4n) is 2.70. The van der Waals surface area contributed by atoms with Gasteiger partial charge in [0.2, 0.25) is 0 Å². The maximum absolute atomic E-state index is 13.6. The number of alkyl halides is 2. The molecule has 3 N–H and O–H groups in total. The molecule has 0 radical (unpaired) electrons. The van der Waals surface area contributed by atoms with Gasteiger partial charge in [0.25, 0.3) is 0 Å². The largest absolute Gasteiger partial charge is 0.435 e. The lowest BCUT2D eigenvalue weighted by molar-refractivity contribution is -0.0497. The molecule has 2 aromatic carbocycles. The van der Waals surface area contributed by atoms with Crippen molar-refractivity contribution in [3.05, 3.63) is 54.5 Å². The fourth-order valence-corrected chi connectivity index (χ4v) is 2.70. The number of aliphatic hydroxyl groups excluding tert-OH is 2. The molecule has 0 saturated heterocycles. The molecule has 0 aliphatic carbocycles. The summed E-state index contributed by atoms with van der Waals surface area (Å²) < 4.78 is 43.2. The Kier molecular flexibility index (Phi) is 5.78. The van der Waals surface area contributed by atoms with Gasteiger partial charge in [-0.05, 0) is 41.3 Å². The van der Waals surface area contributed by atoms with Crippen molar-refractivity contribution in [2.24, 2.45) is 0 Å². The highest BCUT2D eigenvalue weighted by atomic mass is 19.3. The van der Waals surface area contributed by atoms with E-state index in [9.17, 15) is 18.3 Å². The number of halogens is 3. The molecule has 1 aromatic heterocycles. The zero-order valence-corrected chi connectivity index (χ0v) is 14.1. The lowest BCUT2D eigenvalue weighted by Gasteiger charge is -2.15. The van der Waals surface area contributed by atoms with Crippen molar-refractivity contribution in [2.45, 2.75) is 12.7 Å². The average Bonchev–Trinajstić information content (AvgIpc) is 2.65. The predicted octanol–water partition coefficient (Wildman–Crippen LogP) is 3.41. The highest BCUT2D eigenvalue weighted by Gasteiger charge is 2.13. The summed E-state index contributed by atoms with van der Waals surface area (Å²) in [5, 5.41) is 22.4. The van der Waals surface area contributed by atoms with Crippen molar-refractivity contribution in [1.82, 2.24) is 4.98 Å². The summed E-state index contributed by atoms with van der Waals surface area (Å²) in [6.07, 6.45) is 0.503. The molecule has 0 unspecified atom stereocenters. The number of nitrogens with zero attached hydrogens (tertiary/aromatic N) is 1. The standard InChI is InChI=1S/C19H17F3N2O3/c20-12-3-1-2-11(6-12)17-9-24-18(23-8-13(26)10-25)15-5-4-14(7-16(15)17)27-19(21)22/h1-7,9,13,19,25-26H,8,10H2,(H,23,24)/t13-/m1/s1. The van der Waals surface area contributed by atoms with Crippen LogP contribution in [0.15, 0.2) is 48.7 Å². The van der Waals surface area contributed by atoms with Gasteiger partial charge in [-0.1, -0.05) is 12.1 Å². The Labute approximate surface area is 153 Å². The molecule has 0 spiro atoms. The number of ether oxygens (including phenoxy) is 1. The lowest BCUT2D eigenvalue weighted by Crippen LogP contribution is -2.23. The van der Waals surface area contributed by atoms with Crippen molar-refractivity contribution in [3.63, 3.8) is 0 Å². The second kappa shape index (κ2) is 8.24. The minimum atomic E-state index is -2.97. The topological polar surface area (TPSA) is 74.6 Å². The van der Waals surface area contributed by atoms with Crippen LogP contribution in [0.25, 0.3) is 21.9 Å². The summed E-state index contributed by atoms with van der Waals surface area (Å²) in [7, 11) is 0. The number of fused-ring (bicyclic) bond motifs is 1. The number of nitrogens with one attached hydrogen (secondary N) is 1. The molecule has 0 aliphatic rings. The SMILES string of the molecule is OC[C@H](O)CNc1ncc(-c2cccc(F)c2)c2cc(OC(F)F)ccc12. The van der Waals surface area contributed by atoms with Crippen molar-refractivity contribution >= 4 is 16.6 Å². The minimum Gasteiger partial charge on any atom is -0.435 e. The van der Waals surface area contributed by atoms with Crippen molar-refractivity contribution in [2.75, 3.05) is 18.5 Å². The molecule has 0 saturated carbocycles. The molecule has 1 atom stereocenters. The number of hydrogen-bond donors (Lipinski definition) is 3. The molecule has 8 heteroatoms. The fraction of sp³-hybridized carbons (Fsp3) is 0.211. The van der Waals surface area contributed by atoms with E-state index >= 15 is 0 Å². The number of rotatable bonds is 7. The highest BCUT2D eigenvalue weighted by Crippen LogP contribution is 2.34. The van der Waals surface area contributed by atoms with Crippen LogP contribution < -0.4 is 10.1 Å². The number of anilines is 1. The van der Waals surface area contributed by atoms with E-state index in [1.165, 1.54) is 30.5 Å². The minimum absolute atomic E-state index is 0.0392. The van der Waals surface area contributed by atoms with Gasteiger partial charge in [0, 0.05) is 23.7 Å². The molecular weight excluding hydrogens is 361 g/mol. The molecule has 27 heavy (non-hydrogen) atoms. The summed E-state index contributed by atoms with van der Waals surface area (Å²) in [5.41, 5.74) is 1.07. The van der Waals surface area contributed by atoms with Crippen LogP contribution in [0.5, 0.6) is 5.75 Å². The van der Waals surface area contributed by atoms with Gasteiger partial charge in [-0.3, -0.25) is 0 Å². The first-order valence-electron chi connectivity index (χ1n) is 8.14. The monoisotopic (exact) mass is 378 g/mol. The summed E-state index contributed by atoms with van der Waals surface area (Å²) in [6, 6.07) is 10.2. The first-order valence-corrected chi connectivity index (χ1v) is 8.14. The van der Waals surface area contributed by atoms with Crippen LogP contribution >= 0.6 is 0 Å². The third kappa shape index (κ3) is 4.47. The van der Waals surface area contributed by atoms with Crippen LogP contribution in [-0.2, 0) is 0 Å². The van der Waals surface area contributed by atoms with E-state index in [1.54, 1.807) is 18.2 Å². The van der Waals surface area contributed by atoms with Gasteiger partial charge in [0.1, 0.15) is 17.4 Å². The maximum Gasteiger partial charge on any atom is 0.387 e. The average molecular weight is 378 g/mol. The summed E-state index contributed by atoms with van der Waals surface area (Å²) >= 11 is 0. The van der Waals surface area contributed by atoms with E-state index in [1.807, 2.05) is 0 Å². The van der Waals surface area contributed by atoms with E-state index in [0.29, 0.717) is 27.7 Å². The van der Waals surface area contributed by atoms with Crippen molar-refractivity contribution < 1.29 is 28.1 Å². The summed E-state index contributed by atoms with van der Waals surface area (Å²) in [5.74, 6) is -0.0853. The second-order valence-corrected chi connectivity index (χ2v) is 5.83. The van der Waals surface area contributed by atoms with Crippen LogP contribution in [-0.4, -0.2) is 41.1 Å². The smallest absolute Gasteiger partial charge is 0.387 e. The van der Waals surface area contributed by atoms with Gasteiger partial charge in [0.05, 0.1) is 12.7 Å². The number of aromatic nitrogens is 1. The molecule has 1 heterocycles. The third-order valence-corrected chi connectivity index (χ3v) is 3.94. The Bertz CT molecular complexity index is 937. The predicted molar refractivity (Wildman–Crippen MR) is 95.4 cm³/mol. The number of pyridine rings is 1. The Balaban J connectivity index is 2.11. The van der Waals surface area contributed by atoms with Gasteiger partial charge in [0.15, 0.2) is 0 Å². The summed E-state index contributed by atoms with van der Waals surface area (Å²) in [6.45, 7) is -3.34. The van der Waals surface area contributed by atoms with Gasteiger partial charge in [-0.15, -0.1) is 0 Å². The van der Waals surface area contributed by atoms with Crippen LogP contribution in [0.3, 0.4) is 0 Å². The molecule has 142 valence electrons. The molecular formula is C19H17F3N2O3. The van der Waals surface area contributed by atoms with E-state index in [-0.39, 0.29) is 12.3 Å². The lowest BCUT2D eigenvalue weighted by atomic mass is 10.00. The zero-order valence-electron chi connectivity index (χ0n) is 14.1. The van der Waals surface area contributed by atoms with Gasteiger partial charge in [-0.25, -0.2) is 9.37 Å². The molecule has 3 aromatic rings. The Morgan fingerprint density at radius 3 is 2.63 bits per heavy atom. The van der Waals surface area contributed by atoms with Crippen LogP contribution in [0.1, 0.15) is 0 Å².